The third kappa shape index (κ3) is 4.68. The lowest BCUT2D eigenvalue weighted by Gasteiger charge is -2.06. The first-order valence-corrected chi connectivity index (χ1v) is 10.4. The molecule has 0 atom stereocenters. The number of pyridine rings is 1. The van der Waals surface area contributed by atoms with Gasteiger partial charge in [-0.1, -0.05) is 36.0 Å². The summed E-state index contributed by atoms with van der Waals surface area (Å²) < 4.78 is 11.3. The molecule has 0 fully saturated rings. The van der Waals surface area contributed by atoms with Gasteiger partial charge in [-0.05, 0) is 23.6 Å². The Hall–Kier alpha value is -2.91. The molecular formula is C19H16N4O3S2. The molecule has 7 nitrogen and oxygen atoms in total. The van der Waals surface area contributed by atoms with Crippen molar-refractivity contribution in [1.82, 2.24) is 20.5 Å². The van der Waals surface area contributed by atoms with Crippen molar-refractivity contribution in [2.24, 2.45) is 0 Å². The number of carbonyl (C=O) groups is 1. The van der Waals surface area contributed by atoms with Crippen LogP contribution < -0.4 is 10.1 Å². The van der Waals surface area contributed by atoms with Gasteiger partial charge in [0.05, 0.1) is 12.3 Å². The molecule has 0 spiro atoms. The summed E-state index contributed by atoms with van der Waals surface area (Å²) >= 11 is 2.80. The molecule has 1 N–H and O–H groups in total. The van der Waals surface area contributed by atoms with E-state index in [-0.39, 0.29) is 18.3 Å². The lowest BCUT2D eigenvalue weighted by Crippen LogP contribution is -2.24. The van der Waals surface area contributed by atoms with Crippen LogP contribution in [-0.4, -0.2) is 26.8 Å². The van der Waals surface area contributed by atoms with E-state index in [4.69, 9.17) is 9.15 Å². The number of amides is 1. The Morgan fingerprint density at radius 2 is 2.11 bits per heavy atom. The largest absolute Gasteiger partial charge is 0.482 e. The zero-order valence-electron chi connectivity index (χ0n) is 14.7. The average Bonchev–Trinajstić information content (AvgIpc) is 3.41. The smallest absolute Gasteiger partial charge is 0.277 e. The Morgan fingerprint density at radius 3 is 3.00 bits per heavy atom. The molecule has 0 bridgehead atoms. The molecule has 0 radical (unpaired) electrons. The number of thiophene rings is 1. The minimum atomic E-state index is -0.0868. The fourth-order valence-electron chi connectivity index (χ4n) is 2.46. The number of benzene rings is 1. The minimum absolute atomic E-state index is 0.0868. The standard InChI is InChI=1S/C19H16N4O3S2/c24-16(21-10-14-6-3-9-27-14)12-28-19-23-22-17(26-19)11-25-15-7-1-4-13-5-2-8-20-18(13)15/h1-9H,10-12H2,(H,21,24). The van der Waals surface area contributed by atoms with Crippen molar-refractivity contribution >= 4 is 39.9 Å². The lowest BCUT2D eigenvalue weighted by molar-refractivity contribution is -0.118. The highest BCUT2D eigenvalue weighted by atomic mass is 32.2. The number of thioether (sulfide) groups is 1. The van der Waals surface area contributed by atoms with Gasteiger partial charge in [0.2, 0.25) is 5.91 Å². The van der Waals surface area contributed by atoms with Crippen molar-refractivity contribution in [3.63, 3.8) is 0 Å². The number of hydrogen-bond acceptors (Lipinski definition) is 8. The highest BCUT2D eigenvalue weighted by molar-refractivity contribution is 7.99. The molecule has 3 aromatic heterocycles. The first-order valence-electron chi connectivity index (χ1n) is 8.49. The Morgan fingerprint density at radius 1 is 1.18 bits per heavy atom. The summed E-state index contributed by atoms with van der Waals surface area (Å²) in [4.78, 5) is 17.4. The van der Waals surface area contributed by atoms with Crippen molar-refractivity contribution in [1.29, 1.82) is 0 Å². The predicted octanol–water partition coefficient (Wildman–Crippen LogP) is 3.67. The molecule has 0 aliphatic carbocycles. The zero-order valence-corrected chi connectivity index (χ0v) is 16.3. The molecule has 0 saturated carbocycles. The number of aromatic nitrogens is 3. The van der Waals surface area contributed by atoms with Crippen LogP contribution >= 0.6 is 23.1 Å². The Kier molecular flexibility index (Phi) is 5.83. The van der Waals surface area contributed by atoms with Crippen LogP contribution in [0.4, 0.5) is 0 Å². The van der Waals surface area contributed by atoms with E-state index in [1.165, 1.54) is 11.8 Å². The SMILES string of the molecule is O=C(CSc1nnc(COc2cccc3cccnc23)o1)NCc1cccs1. The van der Waals surface area contributed by atoms with Gasteiger partial charge in [-0.2, -0.15) is 0 Å². The van der Waals surface area contributed by atoms with Gasteiger partial charge in [0, 0.05) is 16.5 Å². The van der Waals surface area contributed by atoms with E-state index in [0.717, 1.165) is 15.8 Å². The first kappa shape index (κ1) is 18.5. The zero-order chi connectivity index (χ0) is 19.2. The maximum absolute atomic E-state index is 11.9. The van der Waals surface area contributed by atoms with Crippen molar-refractivity contribution in [3.8, 4) is 5.75 Å². The van der Waals surface area contributed by atoms with Crippen LogP contribution in [0, 0.1) is 0 Å². The summed E-state index contributed by atoms with van der Waals surface area (Å²) in [5.74, 6) is 1.12. The van der Waals surface area contributed by atoms with E-state index >= 15 is 0 Å². The highest BCUT2D eigenvalue weighted by Crippen LogP contribution is 2.24. The first-order chi connectivity index (χ1) is 13.8. The molecule has 1 amide bonds. The van der Waals surface area contributed by atoms with Crippen LogP contribution in [0.15, 0.2) is 63.7 Å². The van der Waals surface area contributed by atoms with Gasteiger partial charge in [0.25, 0.3) is 11.1 Å². The topological polar surface area (TPSA) is 90.1 Å². The molecule has 0 aliphatic heterocycles. The molecule has 4 rings (SSSR count). The summed E-state index contributed by atoms with van der Waals surface area (Å²) in [5, 5.41) is 14.1. The van der Waals surface area contributed by atoms with Gasteiger partial charge in [-0.15, -0.1) is 21.5 Å². The molecule has 9 heteroatoms. The van der Waals surface area contributed by atoms with E-state index in [1.54, 1.807) is 17.5 Å². The summed E-state index contributed by atoms with van der Waals surface area (Å²) in [6, 6.07) is 13.5. The highest BCUT2D eigenvalue weighted by Gasteiger charge is 2.11. The number of ether oxygens (including phenoxy) is 1. The van der Waals surface area contributed by atoms with Gasteiger partial charge in [-0.3, -0.25) is 9.78 Å². The molecule has 0 aliphatic rings. The quantitative estimate of drug-likeness (QED) is 0.442. The van der Waals surface area contributed by atoms with E-state index in [0.29, 0.717) is 23.4 Å². The molecule has 28 heavy (non-hydrogen) atoms. The van der Waals surface area contributed by atoms with Crippen LogP contribution in [0.25, 0.3) is 10.9 Å². The van der Waals surface area contributed by atoms with Gasteiger partial charge in [0.15, 0.2) is 6.61 Å². The van der Waals surface area contributed by atoms with E-state index < -0.39 is 0 Å². The number of carbonyl (C=O) groups excluding carboxylic acids is 1. The fourth-order valence-corrected chi connectivity index (χ4v) is 3.72. The van der Waals surface area contributed by atoms with Crippen LogP contribution in [0.3, 0.4) is 0 Å². The lowest BCUT2D eigenvalue weighted by atomic mass is 10.2. The normalized spacial score (nSPS) is 10.9. The van der Waals surface area contributed by atoms with Crippen LogP contribution in [0.1, 0.15) is 10.8 Å². The summed E-state index contributed by atoms with van der Waals surface area (Å²) in [6.07, 6.45) is 1.72. The number of hydrogen-bond donors (Lipinski definition) is 1. The van der Waals surface area contributed by atoms with Crippen LogP contribution in [0.2, 0.25) is 0 Å². The summed E-state index contributed by atoms with van der Waals surface area (Å²) in [7, 11) is 0. The minimum Gasteiger partial charge on any atom is -0.482 e. The van der Waals surface area contributed by atoms with Crippen molar-refractivity contribution in [3.05, 3.63) is 64.8 Å². The van der Waals surface area contributed by atoms with Crippen LogP contribution in [-0.2, 0) is 17.9 Å². The second-order valence-corrected chi connectivity index (χ2v) is 7.69. The van der Waals surface area contributed by atoms with E-state index in [9.17, 15) is 4.79 Å². The second-order valence-electron chi connectivity index (χ2n) is 5.73. The Labute approximate surface area is 169 Å². The van der Waals surface area contributed by atoms with Crippen LogP contribution in [0.5, 0.6) is 5.75 Å². The third-order valence-electron chi connectivity index (χ3n) is 3.76. The molecule has 142 valence electrons. The molecule has 1 aromatic carbocycles. The summed E-state index contributed by atoms with van der Waals surface area (Å²) in [5.41, 5.74) is 0.779. The number of nitrogens with zero attached hydrogens (tertiary/aromatic N) is 3. The van der Waals surface area contributed by atoms with E-state index in [1.807, 2.05) is 47.8 Å². The molecule has 0 saturated heterocycles. The number of para-hydroxylation sites is 1. The van der Waals surface area contributed by atoms with Crippen molar-refractivity contribution in [2.45, 2.75) is 18.4 Å². The monoisotopic (exact) mass is 412 g/mol. The van der Waals surface area contributed by atoms with E-state index in [2.05, 4.69) is 20.5 Å². The number of nitrogens with one attached hydrogen (secondary N) is 1. The number of rotatable bonds is 8. The number of fused-ring (bicyclic) bond motifs is 1. The fraction of sp³-hybridized carbons (Fsp3) is 0.158. The Balaban J connectivity index is 1.27. The predicted molar refractivity (Wildman–Crippen MR) is 107 cm³/mol. The van der Waals surface area contributed by atoms with Gasteiger partial charge in [-0.25, -0.2) is 0 Å². The van der Waals surface area contributed by atoms with Gasteiger partial charge >= 0.3 is 0 Å². The molecule has 4 aromatic rings. The maximum Gasteiger partial charge on any atom is 0.277 e. The summed E-state index contributed by atoms with van der Waals surface area (Å²) in [6.45, 7) is 0.660. The van der Waals surface area contributed by atoms with Gasteiger partial charge in [0.1, 0.15) is 11.3 Å². The maximum atomic E-state index is 11.9. The molecular weight excluding hydrogens is 396 g/mol. The Bertz CT molecular complexity index is 1060. The molecule has 0 unspecified atom stereocenters. The van der Waals surface area contributed by atoms with Crippen molar-refractivity contribution in [2.75, 3.05) is 5.75 Å². The van der Waals surface area contributed by atoms with Crippen molar-refractivity contribution < 1.29 is 13.9 Å². The molecule has 3 heterocycles. The second kappa shape index (κ2) is 8.85. The average molecular weight is 412 g/mol. The van der Waals surface area contributed by atoms with Gasteiger partial charge < -0.3 is 14.5 Å². The third-order valence-corrected chi connectivity index (χ3v) is 5.46.